The lowest BCUT2D eigenvalue weighted by atomic mass is 9.77. The number of carbonyl (C=O) groups excluding carboxylic acids is 1. The van der Waals surface area contributed by atoms with Crippen LogP contribution < -0.4 is 15.8 Å². The SMILES string of the molecule is CCc1nn(CC(=O)N[C@H]2C[C@@](C)(O)C2)c(=O)c2ccc(N(C)C)cc12. The van der Waals surface area contributed by atoms with Crippen molar-refractivity contribution in [3.63, 3.8) is 0 Å². The maximum Gasteiger partial charge on any atom is 0.275 e. The highest BCUT2D eigenvalue weighted by molar-refractivity contribution is 5.87. The van der Waals surface area contributed by atoms with Crippen molar-refractivity contribution in [1.29, 1.82) is 0 Å². The highest BCUT2D eigenvalue weighted by Crippen LogP contribution is 2.31. The maximum atomic E-state index is 12.8. The van der Waals surface area contributed by atoms with E-state index < -0.39 is 5.60 Å². The molecular formula is C19H26N4O3. The van der Waals surface area contributed by atoms with E-state index in [0.717, 1.165) is 16.8 Å². The van der Waals surface area contributed by atoms with Crippen molar-refractivity contribution in [2.75, 3.05) is 19.0 Å². The normalized spacial score (nSPS) is 22.1. The molecule has 2 N–H and O–H groups in total. The van der Waals surface area contributed by atoms with Gasteiger partial charge in [-0.25, -0.2) is 4.68 Å². The number of amides is 1. The Labute approximate surface area is 152 Å². The molecule has 1 aliphatic carbocycles. The van der Waals surface area contributed by atoms with Crippen LogP contribution in [0.5, 0.6) is 0 Å². The summed E-state index contributed by atoms with van der Waals surface area (Å²) in [6.07, 6.45) is 1.74. The van der Waals surface area contributed by atoms with Crippen LogP contribution >= 0.6 is 0 Å². The van der Waals surface area contributed by atoms with Crippen LogP contribution in [0.1, 0.15) is 32.4 Å². The van der Waals surface area contributed by atoms with Gasteiger partial charge >= 0.3 is 0 Å². The molecular weight excluding hydrogens is 332 g/mol. The maximum absolute atomic E-state index is 12.8. The molecule has 1 aromatic carbocycles. The second-order valence-electron chi connectivity index (χ2n) is 7.56. The minimum absolute atomic E-state index is 0.0399. The van der Waals surface area contributed by atoms with Gasteiger partial charge in [0.05, 0.1) is 16.7 Å². The number of fused-ring (bicyclic) bond motifs is 1. The van der Waals surface area contributed by atoms with Gasteiger partial charge in [-0.1, -0.05) is 6.92 Å². The van der Waals surface area contributed by atoms with Gasteiger partial charge in [0.25, 0.3) is 5.56 Å². The number of carbonyl (C=O) groups is 1. The van der Waals surface area contributed by atoms with Crippen molar-refractivity contribution < 1.29 is 9.90 Å². The second-order valence-corrected chi connectivity index (χ2v) is 7.56. The van der Waals surface area contributed by atoms with E-state index in [2.05, 4.69) is 10.4 Å². The average molecular weight is 358 g/mol. The molecule has 7 nitrogen and oxygen atoms in total. The number of aryl methyl sites for hydroxylation is 1. The summed E-state index contributed by atoms with van der Waals surface area (Å²) in [7, 11) is 3.90. The standard InChI is InChI=1S/C19H26N4O3/c1-5-16-15-8-13(22(3)4)6-7-14(15)18(25)23(21-16)11-17(24)20-12-9-19(2,26)10-12/h6-8,12,26H,5,9-11H2,1-4H3,(H,20,24)/t12-,19+. The molecule has 0 unspecified atom stereocenters. The summed E-state index contributed by atoms with van der Waals surface area (Å²) in [4.78, 5) is 27.0. The fraction of sp³-hybridized carbons (Fsp3) is 0.526. The summed E-state index contributed by atoms with van der Waals surface area (Å²) >= 11 is 0. The average Bonchev–Trinajstić information content (AvgIpc) is 2.55. The first kappa shape index (κ1) is 18.4. The Kier molecular flexibility index (Phi) is 4.75. The molecule has 0 bridgehead atoms. The lowest BCUT2D eigenvalue weighted by Crippen LogP contribution is -2.54. The number of hydrogen-bond donors (Lipinski definition) is 2. The molecule has 0 radical (unpaired) electrons. The number of nitrogens with zero attached hydrogens (tertiary/aromatic N) is 3. The number of aliphatic hydroxyl groups is 1. The molecule has 2 aromatic rings. The summed E-state index contributed by atoms with van der Waals surface area (Å²) in [6.45, 7) is 3.62. The Bertz CT molecular complexity index is 894. The lowest BCUT2D eigenvalue weighted by Gasteiger charge is -2.41. The van der Waals surface area contributed by atoms with Crippen molar-refractivity contribution in [2.45, 2.75) is 51.3 Å². The number of benzene rings is 1. The van der Waals surface area contributed by atoms with E-state index in [1.807, 2.05) is 38.1 Å². The quantitative estimate of drug-likeness (QED) is 0.834. The van der Waals surface area contributed by atoms with E-state index in [0.29, 0.717) is 24.6 Å². The smallest absolute Gasteiger partial charge is 0.275 e. The van der Waals surface area contributed by atoms with E-state index in [1.165, 1.54) is 4.68 Å². The summed E-state index contributed by atoms with van der Waals surface area (Å²) in [5.41, 5.74) is 0.831. The molecule has 0 atom stereocenters. The summed E-state index contributed by atoms with van der Waals surface area (Å²) < 4.78 is 1.24. The summed E-state index contributed by atoms with van der Waals surface area (Å²) in [5.74, 6) is -0.258. The zero-order chi connectivity index (χ0) is 19.1. The van der Waals surface area contributed by atoms with Gasteiger partial charge in [-0.3, -0.25) is 9.59 Å². The summed E-state index contributed by atoms with van der Waals surface area (Å²) in [6, 6.07) is 5.61. The topological polar surface area (TPSA) is 87.5 Å². The van der Waals surface area contributed by atoms with Crippen LogP contribution in [0.3, 0.4) is 0 Å². The first-order valence-corrected chi connectivity index (χ1v) is 8.93. The highest BCUT2D eigenvalue weighted by atomic mass is 16.3. The van der Waals surface area contributed by atoms with Crippen molar-refractivity contribution >= 4 is 22.4 Å². The third kappa shape index (κ3) is 3.58. The fourth-order valence-corrected chi connectivity index (χ4v) is 3.50. The Morgan fingerprint density at radius 3 is 2.65 bits per heavy atom. The number of anilines is 1. The van der Waals surface area contributed by atoms with E-state index in [9.17, 15) is 14.7 Å². The molecule has 140 valence electrons. The van der Waals surface area contributed by atoms with Gasteiger partial charge in [-0.15, -0.1) is 0 Å². The van der Waals surface area contributed by atoms with E-state index in [1.54, 1.807) is 13.0 Å². The van der Waals surface area contributed by atoms with Crippen LogP contribution in [0.2, 0.25) is 0 Å². The largest absolute Gasteiger partial charge is 0.390 e. The molecule has 3 rings (SSSR count). The molecule has 1 aromatic heterocycles. The number of aromatic nitrogens is 2. The van der Waals surface area contributed by atoms with E-state index in [-0.39, 0.29) is 24.1 Å². The van der Waals surface area contributed by atoms with Crippen molar-refractivity contribution in [3.05, 3.63) is 34.2 Å². The monoisotopic (exact) mass is 358 g/mol. The van der Waals surface area contributed by atoms with Crippen LogP contribution in [-0.4, -0.2) is 46.5 Å². The Balaban J connectivity index is 1.87. The van der Waals surface area contributed by atoms with Gasteiger partial charge in [-0.2, -0.15) is 5.10 Å². The predicted molar refractivity (Wildman–Crippen MR) is 101 cm³/mol. The first-order valence-electron chi connectivity index (χ1n) is 8.93. The molecule has 1 fully saturated rings. The van der Waals surface area contributed by atoms with Crippen molar-refractivity contribution in [1.82, 2.24) is 15.1 Å². The highest BCUT2D eigenvalue weighted by Gasteiger charge is 2.39. The molecule has 1 amide bonds. The minimum atomic E-state index is -0.699. The fourth-order valence-electron chi connectivity index (χ4n) is 3.50. The minimum Gasteiger partial charge on any atom is -0.390 e. The zero-order valence-electron chi connectivity index (χ0n) is 15.7. The van der Waals surface area contributed by atoms with Gasteiger partial charge in [0.1, 0.15) is 6.54 Å². The van der Waals surface area contributed by atoms with E-state index >= 15 is 0 Å². The van der Waals surface area contributed by atoms with E-state index in [4.69, 9.17) is 0 Å². The third-order valence-electron chi connectivity index (χ3n) is 4.90. The number of nitrogens with one attached hydrogen (secondary N) is 1. The molecule has 0 aliphatic heterocycles. The Hall–Kier alpha value is -2.41. The van der Waals surface area contributed by atoms with Crippen LogP contribution in [0.15, 0.2) is 23.0 Å². The molecule has 0 spiro atoms. The number of rotatable bonds is 5. The van der Waals surface area contributed by atoms with Crippen molar-refractivity contribution in [2.24, 2.45) is 0 Å². The zero-order valence-corrected chi connectivity index (χ0v) is 15.7. The Morgan fingerprint density at radius 2 is 2.08 bits per heavy atom. The molecule has 26 heavy (non-hydrogen) atoms. The van der Waals surface area contributed by atoms with Crippen LogP contribution in [-0.2, 0) is 17.8 Å². The van der Waals surface area contributed by atoms with Gasteiger partial charge in [0.15, 0.2) is 0 Å². The first-order chi connectivity index (χ1) is 12.2. The molecule has 7 heteroatoms. The lowest BCUT2D eigenvalue weighted by molar-refractivity contribution is -0.125. The van der Waals surface area contributed by atoms with Gasteiger partial charge in [0, 0.05) is 31.2 Å². The van der Waals surface area contributed by atoms with Crippen LogP contribution in [0, 0.1) is 0 Å². The Morgan fingerprint density at radius 1 is 1.38 bits per heavy atom. The molecule has 0 saturated heterocycles. The number of hydrogen-bond acceptors (Lipinski definition) is 5. The molecule has 1 heterocycles. The second kappa shape index (κ2) is 6.72. The van der Waals surface area contributed by atoms with Gasteiger partial charge < -0.3 is 15.3 Å². The van der Waals surface area contributed by atoms with Gasteiger partial charge in [-0.05, 0) is 44.4 Å². The van der Waals surface area contributed by atoms with Crippen LogP contribution in [0.4, 0.5) is 5.69 Å². The third-order valence-corrected chi connectivity index (χ3v) is 4.90. The molecule has 1 aliphatic rings. The summed E-state index contributed by atoms with van der Waals surface area (Å²) in [5, 5.41) is 18.4. The van der Waals surface area contributed by atoms with Crippen LogP contribution in [0.25, 0.3) is 10.8 Å². The van der Waals surface area contributed by atoms with Crippen molar-refractivity contribution in [3.8, 4) is 0 Å². The molecule has 1 saturated carbocycles. The van der Waals surface area contributed by atoms with Gasteiger partial charge in [0.2, 0.25) is 5.91 Å². The predicted octanol–water partition coefficient (Wildman–Crippen LogP) is 1.05.